The molecule has 5 nitrogen and oxygen atoms in total. The molecule has 2 aromatic carbocycles. The predicted octanol–water partition coefficient (Wildman–Crippen LogP) is 4.49. The number of phenols is 1. The Hall–Kier alpha value is -2.66. The summed E-state index contributed by atoms with van der Waals surface area (Å²) in [6.45, 7) is 3.86. The lowest BCUT2D eigenvalue weighted by Gasteiger charge is -2.22. The van der Waals surface area contributed by atoms with Gasteiger partial charge in [0.25, 0.3) is 0 Å². The molecule has 0 saturated heterocycles. The number of fused-ring (bicyclic) bond motifs is 1. The van der Waals surface area contributed by atoms with Gasteiger partial charge in [0, 0.05) is 44.0 Å². The van der Waals surface area contributed by atoms with Gasteiger partial charge >= 0.3 is 0 Å². The molecule has 0 saturated carbocycles. The first-order valence-electron chi connectivity index (χ1n) is 10.9. The van der Waals surface area contributed by atoms with Crippen LogP contribution < -0.4 is 5.32 Å². The molecule has 1 heterocycles. The zero-order valence-corrected chi connectivity index (χ0v) is 18.0. The predicted molar refractivity (Wildman–Crippen MR) is 120 cm³/mol. The second kappa shape index (κ2) is 10.4. The topological polar surface area (TPSA) is 69.6 Å². The van der Waals surface area contributed by atoms with Crippen LogP contribution in [0.4, 0.5) is 5.69 Å². The zero-order valence-electron chi connectivity index (χ0n) is 18.0. The van der Waals surface area contributed by atoms with Crippen molar-refractivity contribution in [3.63, 3.8) is 0 Å². The number of nitrogens with one attached hydrogen (secondary N) is 1. The number of benzene rings is 2. The third kappa shape index (κ3) is 5.92. The number of rotatable bonds is 8. The van der Waals surface area contributed by atoms with E-state index in [1.54, 1.807) is 6.07 Å². The fourth-order valence-corrected chi connectivity index (χ4v) is 4.10. The van der Waals surface area contributed by atoms with Crippen LogP contribution in [0.5, 0.6) is 5.75 Å². The average Bonchev–Trinajstić information content (AvgIpc) is 2.87. The Labute approximate surface area is 179 Å². The summed E-state index contributed by atoms with van der Waals surface area (Å²) < 4.78 is 0. The highest BCUT2D eigenvalue weighted by atomic mass is 16.3. The highest BCUT2D eigenvalue weighted by Gasteiger charge is 2.23. The third-order valence-corrected chi connectivity index (χ3v) is 5.75. The largest absolute Gasteiger partial charge is 0.508 e. The fourth-order valence-electron chi connectivity index (χ4n) is 4.10. The zero-order chi connectivity index (χ0) is 21.5. The molecule has 1 amide bonds. The maximum Gasteiger partial charge on any atom is 0.224 e. The van der Waals surface area contributed by atoms with Gasteiger partial charge in [-0.3, -0.25) is 9.59 Å². The van der Waals surface area contributed by atoms with Gasteiger partial charge in [-0.05, 0) is 67.3 Å². The number of carbonyl (C=O) groups excluding carboxylic acids is 2. The number of ketones is 1. The maximum absolute atomic E-state index is 12.2. The summed E-state index contributed by atoms with van der Waals surface area (Å²) in [5.74, 6) is 0.643. The number of hydrogen-bond acceptors (Lipinski definition) is 4. The Balaban J connectivity index is 1.64. The van der Waals surface area contributed by atoms with Crippen LogP contribution in [-0.4, -0.2) is 41.8 Å². The van der Waals surface area contributed by atoms with Crippen molar-refractivity contribution >= 4 is 17.4 Å². The van der Waals surface area contributed by atoms with E-state index in [1.165, 1.54) is 16.7 Å². The van der Waals surface area contributed by atoms with E-state index in [4.69, 9.17) is 0 Å². The van der Waals surface area contributed by atoms with Gasteiger partial charge in [-0.25, -0.2) is 0 Å². The molecule has 30 heavy (non-hydrogen) atoms. The van der Waals surface area contributed by atoms with Crippen molar-refractivity contribution in [3.05, 3.63) is 59.2 Å². The SMILES string of the molecule is CCCC(=O)CCCC(=O)Nc1ccc(C2CN(C)CCc3ccc(O)cc32)cc1. The third-order valence-electron chi connectivity index (χ3n) is 5.75. The van der Waals surface area contributed by atoms with Crippen molar-refractivity contribution in [1.82, 2.24) is 4.90 Å². The Kier molecular flexibility index (Phi) is 7.63. The van der Waals surface area contributed by atoms with Crippen molar-refractivity contribution in [2.75, 3.05) is 25.5 Å². The smallest absolute Gasteiger partial charge is 0.224 e. The lowest BCUT2D eigenvalue weighted by atomic mass is 9.88. The van der Waals surface area contributed by atoms with Crippen molar-refractivity contribution in [2.45, 2.75) is 51.4 Å². The minimum absolute atomic E-state index is 0.0588. The summed E-state index contributed by atoms with van der Waals surface area (Å²) in [4.78, 5) is 26.1. The first kappa shape index (κ1) is 22.0. The van der Waals surface area contributed by atoms with E-state index in [9.17, 15) is 14.7 Å². The van der Waals surface area contributed by atoms with Crippen molar-refractivity contribution in [1.29, 1.82) is 0 Å². The van der Waals surface area contributed by atoms with Crippen molar-refractivity contribution in [2.24, 2.45) is 0 Å². The lowest BCUT2D eigenvalue weighted by Crippen LogP contribution is -2.24. The Morgan fingerprint density at radius 2 is 1.87 bits per heavy atom. The molecule has 160 valence electrons. The number of likely N-dealkylation sites (N-methyl/N-ethyl adjacent to an activating group) is 1. The van der Waals surface area contributed by atoms with E-state index in [2.05, 4.69) is 29.4 Å². The molecule has 0 aromatic heterocycles. The van der Waals surface area contributed by atoms with E-state index in [1.807, 2.05) is 31.2 Å². The number of anilines is 1. The van der Waals surface area contributed by atoms with Gasteiger partial charge in [-0.1, -0.05) is 25.1 Å². The molecule has 0 fully saturated rings. The number of Topliss-reactive ketones (excluding diaryl/α,β-unsaturated/α-hetero) is 1. The van der Waals surface area contributed by atoms with Crippen molar-refractivity contribution < 1.29 is 14.7 Å². The number of phenolic OH excluding ortho intramolecular Hbond substituents is 1. The molecular weight excluding hydrogens is 376 g/mol. The summed E-state index contributed by atoms with van der Waals surface area (Å²) >= 11 is 0. The minimum atomic E-state index is -0.0588. The molecule has 3 rings (SSSR count). The highest BCUT2D eigenvalue weighted by molar-refractivity contribution is 5.91. The number of carbonyl (C=O) groups is 2. The van der Waals surface area contributed by atoms with Crippen LogP contribution in [0.3, 0.4) is 0 Å². The van der Waals surface area contributed by atoms with Crippen LogP contribution in [0.15, 0.2) is 42.5 Å². The molecule has 1 atom stereocenters. The average molecular weight is 409 g/mol. The standard InChI is InChI=1S/C25H32N2O3/c1-3-5-21(28)6-4-7-25(30)26-20-11-8-18(9-12-20)24-17-27(2)15-14-19-10-13-22(29)16-23(19)24/h8-13,16,24,29H,3-7,14-15,17H2,1-2H3,(H,26,30). The quantitative estimate of drug-likeness (QED) is 0.675. The maximum atomic E-state index is 12.2. The molecule has 0 radical (unpaired) electrons. The summed E-state index contributed by atoms with van der Waals surface area (Å²) in [5.41, 5.74) is 4.38. The van der Waals surface area contributed by atoms with Crippen LogP contribution in [0, 0.1) is 0 Å². The fraction of sp³-hybridized carbons (Fsp3) is 0.440. The van der Waals surface area contributed by atoms with Crippen LogP contribution in [0.25, 0.3) is 0 Å². The second-order valence-corrected chi connectivity index (χ2v) is 8.26. The summed E-state index contributed by atoms with van der Waals surface area (Å²) in [7, 11) is 2.12. The van der Waals surface area contributed by atoms with Gasteiger partial charge in [0.15, 0.2) is 0 Å². The van der Waals surface area contributed by atoms with E-state index < -0.39 is 0 Å². The van der Waals surface area contributed by atoms with E-state index in [0.29, 0.717) is 31.4 Å². The lowest BCUT2D eigenvalue weighted by molar-refractivity contribution is -0.119. The molecular formula is C25H32N2O3. The van der Waals surface area contributed by atoms with Gasteiger partial charge in [-0.15, -0.1) is 0 Å². The normalized spacial score (nSPS) is 16.5. The summed E-state index contributed by atoms with van der Waals surface area (Å²) in [6.07, 6.45) is 3.85. The van der Waals surface area contributed by atoms with E-state index >= 15 is 0 Å². The number of nitrogens with zero attached hydrogens (tertiary/aromatic N) is 1. The molecule has 2 N–H and O–H groups in total. The molecule has 0 spiro atoms. The molecule has 0 aliphatic carbocycles. The van der Waals surface area contributed by atoms with Crippen LogP contribution in [-0.2, 0) is 16.0 Å². The Bertz CT molecular complexity index is 876. The Morgan fingerprint density at radius 1 is 1.10 bits per heavy atom. The van der Waals surface area contributed by atoms with Gasteiger partial charge < -0.3 is 15.3 Å². The van der Waals surface area contributed by atoms with Gasteiger partial charge in [0.1, 0.15) is 11.5 Å². The van der Waals surface area contributed by atoms with Crippen LogP contribution in [0.2, 0.25) is 0 Å². The summed E-state index contributed by atoms with van der Waals surface area (Å²) in [6, 6.07) is 13.6. The van der Waals surface area contributed by atoms with Crippen molar-refractivity contribution in [3.8, 4) is 5.75 Å². The highest BCUT2D eigenvalue weighted by Crippen LogP contribution is 2.33. The van der Waals surface area contributed by atoms with Gasteiger partial charge in [-0.2, -0.15) is 0 Å². The Morgan fingerprint density at radius 3 is 2.60 bits per heavy atom. The number of aromatic hydroxyl groups is 1. The first-order valence-corrected chi connectivity index (χ1v) is 10.9. The number of amides is 1. The molecule has 1 aliphatic rings. The molecule has 0 bridgehead atoms. The number of hydrogen-bond donors (Lipinski definition) is 2. The van der Waals surface area contributed by atoms with E-state index in [0.717, 1.165) is 31.6 Å². The monoisotopic (exact) mass is 408 g/mol. The van der Waals surface area contributed by atoms with Crippen LogP contribution >= 0.6 is 0 Å². The van der Waals surface area contributed by atoms with Gasteiger partial charge in [0.2, 0.25) is 5.91 Å². The van der Waals surface area contributed by atoms with E-state index in [-0.39, 0.29) is 17.6 Å². The van der Waals surface area contributed by atoms with Gasteiger partial charge in [0.05, 0.1) is 0 Å². The molecule has 5 heteroatoms. The summed E-state index contributed by atoms with van der Waals surface area (Å²) in [5, 5.41) is 12.9. The molecule has 2 aromatic rings. The second-order valence-electron chi connectivity index (χ2n) is 8.26. The molecule has 1 unspecified atom stereocenters. The first-order chi connectivity index (χ1) is 14.5. The van der Waals surface area contributed by atoms with Crippen LogP contribution in [0.1, 0.15) is 61.6 Å². The minimum Gasteiger partial charge on any atom is -0.508 e. The molecule has 1 aliphatic heterocycles.